The first-order chi connectivity index (χ1) is 16.3. The molecular formula is C24H27ClN4O4S. The van der Waals surface area contributed by atoms with Gasteiger partial charge in [0.25, 0.3) is 10.0 Å². The summed E-state index contributed by atoms with van der Waals surface area (Å²) in [6, 6.07) is 14.3. The maximum Gasteiger partial charge on any atom is 0.265 e. The molecule has 8 nitrogen and oxygen atoms in total. The van der Waals surface area contributed by atoms with Gasteiger partial charge in [0.2, 0.25) is 0 Å². The van der Waals surface area contributed by atoms with E-state index < -0.39 is 10.0 Å². The summed E-state index contributed by atoms with van der Waals surface area (Å²) >= 11 is 6.13. The molecule has 1 N–H and O–H groups in total. The average Bonchev–Trinajstić information content (AvgIpc) is 2.83. The predicted molar refractivity (Wildman–Crippen MR) is 135 cm³/mol. The van der Waals surface area contributed by atoms with Gasteiger partial charge in [-0.25, -0.2) is 13.4 Å². The molecule has 34 heavy (non-hydrogen) atoms. The minimum absolute atomic E-state index is 0.00628. The zero-order valence-corrected chi connectivity index (χ0v) is 20.9. The highest BCUT2D eigenvalue weighted by Crippen LogP contribution is 2.31. The summed E-state index contributed by atoms with van der Waals surface area (Å²) in [7, 11) is -1.01. The topological polar surface area (TPSA) is 84.0 Å². The number of pyridine rings is 1. The van der Waals surface area contributed by atoms with Gasteiger partial charge in [0.1, 0.15) is 22.2 Å². The van der Waals surface area contributed by atoms with E-state index in [1.165, 1.54) is 26.5 Å². The van der Waals surface area contributed by atoms with E-state index in [0.29, 0.717) is 11.4 Å². The van der Waals surface area contributed by atoms with Crippen molar-refractivity contribution in [1.29, 1.82) is 0 Å². The highest BCUT2D eigenvalue weighted by atomic mass is 35.5. The van der Waals surface area contributed by atoms with E-state index in [9.17, 15) is 8.42 Å². The summed E-state index contributed by atoms with van der Waals surface area (Å²) in [6.45, 7) is 5.20. The Morgan fingerprint density at radius 1 is 0.971 bits per heavy atom. The Balaban J connectivity index is 1.48. The van der Waals surface area contributed by atoms with Crippen molar-refractivity contribution in [1.82, 2.24) is 4.98 Å². The molecule has 2 heterocycles. The Morgan fingerprint density at radius 2 is 1.71 bits per heavy atom. The van der Waals surface area contributed by atoms with Crippen molar-refractivity contribution < 1.29 is 17.9 Å². The molecule has 10 heteroatoms. The molecule has 180 valence electrons. The normalized spacial score (nSPS) is 14.1. The number of nitrogens with zero attached hydrogens (tertiary/aromatic N) is 3. The van der Waals surface area contributed by atoms with Gasteiger partial charge in [-0.1, -0.05) is 17.7 Å². The van der Waals surface area contributed by atoms with Crippen LogP contribution in [0.4, 0.5) is 17.2 Å². The average molecular weight is 503 g/mol. The third kappa shape index (κ3) is 5.15. The Morgan fingerprint density at radius 3 is 2.35 bits per heavy atom. The zero-order chi connectivity index (χ0) is 24.3. The number of methoxy groups -OCH3 is 2. The standard InChI is InChI=1S/C24H27ClN4O4S/c1-17-13-19(27-34(30,31)23-15-21(32-2)7-8-22(23)33-3)16-26-24(17)29-11-9-28(10-12-29)20-6-4-5-18(25)14-20/h4-8,13-16,27H,9-12H2,1-3H3. The number of hydrogen-bond donors (Lipinski definition) is 1. The van der Waals surface area contributed by atoms with E-state index in [1.807, 2.05) is 25.1 Å². The number of nitrogens with one attached hydrogen (secondary N) is 1. The Hall–Kier alpha value is -3.17. The van der Waals surface area contributed by atoms with E-state index in [2.05, 4.69) is 25.6 Å². The van der Waals surface area contributed by atoms with Crippen LogP contribution >= 0.6 is 11.6 Å². The lowest BCUT2D eigenvalue weighted by atomic mass is 10.2. The Labute approximate surface area is 205 Å². The van der Waals surface area contributed by atoms with E-state index in [0.717, 1.165) is 48.3 Å². The number of halogens is 1. The van der Waals surface area contributed by atoms with Crippen molar-refractivity contribution in [3.63, 3.8) is 0 Å². The van der Waals surface area contributed by atoms with Crippen LogP contribution in [0.1, 0.15) is 5.56 Å². The molecular weight excluding hydrogens is 476 g/mol. The van der Waals surface area contributed by atoms with Gasteiger partial charge in [0, 0.05) is 43.0 Å². The summed E-state index contributed by atoms with van der Waals surface area (Å²) in [4.78, 5) is 9.07. The van der Waals surface area contributed by atoms with E-state index in [4.69, 9.17) is 21.1 Å². The first-order valence-electron chi connectivity index (χ1n) is 10.8. The smallest absolute Gasteiger partial charge is 0.265 e. The molecule has 0 spiro atoms. The number of rotatable bonds is 7. The van der Waals surface area contributed by atoms with Crippen LogP contribution in [0.15, 0.2) is 59.6 Å². The molecule has 1 aromatic heterocycles. The van der Waals surface area contributed by atoms with Gasteiger partial charge in [-0.2, -0.15) is 0 Å². The number of ether oxygens (including phenoxy) is 2. The third-order valence-corrected chi connectivity index (χ3v) is 7.35. The quantitative estimate of drug-likeness (QED) is 0.518. The van der Waals surface area contributed by atoms with Crippen LogP contribution in [0.25, 0.3) is 0 Å². The van der Waals surface area contributed by atoms with Crippen LogP contribution in [0.3, 0.4) is 0 Å². The third-order valence-electron chi connectivity index (χ3n) is 5.72. The molecule has 2 aromatic carbocycles. The van der Waals surface area contributed by atoms with Crippen LogP contribution in [0, 0.1) is 6.92 Å². The lowest BCUT2D eigenvalue weighted by Crippen LogP contribution is -2.47. The molecule has 1 aliphatic rings. The molecule has 0 bridgehead atoms. The summed E-state index contributed by atoms with van der Waals surface area (Å²) < 4.78 is 39.1. The van der Waals surface area contributed by atoms with E-state index in [-0.39, 0.29) is 10.6 Å². The van der Waals surface area contributed by atoms with Crippen LogP contribution < -0.4 is 24.0 Å². The summed E-state index contributed by atoms with van der Waals surface area (Å²) in [5, 5.41) is 0.724. The summed E-state index contributed by atoms with van der Waals surface area (Å²) in [6.07, 6.45) is 1.54. The lowest BCUT2D eigenvalue weighted by molar-refractivity contribution is 0.392. The van der Waals surface area contributed by atoms with Crippen molar-refractivity contribution in [2.45, 2.75) is 11.8 Å². The fourth-order valence-corrected chi connectivity index (χ4v) is 5.41. The number of piperazine rings is 1. The van der Waals surface area contributed by atoms with Crippen LogP contribution in [0.2, 0.25) is 5.02 Å². The first-order valence-corrected chi connectivity index (χ1v) is 12.6. The largest absolute Gasteiger partial charge is 0.497 e. The van der Waals surface area contributed by atoms with Gasteiger partial charge in [-0.3, -0.25) is 4.72 Å². The molecule has 0 saturated carbocycles. The lowest BCUT2D eigenvalue weighted by Gasteiger charge is -2.37. The van der Waals surface area contributed by atoms with Crippen LogP contribution in [-0.2, 0) is 10.0 Å². The van der Waals surface area contributed by atoms with Gasteiger partial charge >= 0.3 is 0 Å². The highest BCUT2D eigenvalue weighted by molar-refractivity contribution is 7.92. The van der Waals surface area contributed by atoms with Crippen LogP contribution in [-0.4, -0.2) is 53.8 Å². The predicted octanol–water partition coefficient (Wildman–Crippen LogP) is 4.19. The number of hydrogen-bond acceptors (Lipinski definition) is 7. The maximum absolute atomic E-state index is 13.0. The van der Waals surface area contributed by atoms with Gasteiger partial charge in [0.05, 0.1) is 26.1 Å². The van der Waals surface area contributed by atoms with Gasteiger partial charge in [-0.05, 0) is 48.9 Å². The van der Waals surface area contributed by atoms with Crippen molar-refractivity contribution in [3.05, 3.63) is 65.3 Å². The summed E-state index contributed by atoms with van der Waals surface area (Å²) in [5.41, 5.74) is 2.37. The molecule has 0 amide bonds. The van der Waals surface area contributed by atoms with Crippen molar-refractivity contribution in [2.24, 2.45) is 0 Å². The monoisotopic (exact) mass is 502 g/mol. The second kappa shape index (κ2) is 9.99. The van der Waals surface area contributed by atoms with Crippen molar-refractivity contribution in [3.8, 4) is 11.5 Å². The number of benzene rings is 2. The molecule has 0 atom stereocenters. The van der Waals surface area contributed by atoms with Gasteiger partial charge in [-0.15, -0.1) is 0 Å². The molecule has 0 aliphatic carbocycles. The van der Waals surface area contributed by atoms with Crippen molar-refractivity contribution >= 4 is 38.8 Å². The molecule has 3 aromatic rings. The Bertz CT molecular complexity index is 1280. The molecule has 0 unspecified atom stereocenters. The van der Waals surface area contributed by atoms with Crippen molar-refractivity contribution in [2.75, 3.05) is 54.9 Å². The molecule has 1 aliphatic heterocycles. The summed E-state index contributed by atoms with van der Waals surface area (Å²) in [5.74, 6) is 1.49. The zero-order valence-electron chi connectivity index (χ0n) is 19.3. The maximum atomic E-state index is 13.0. The second-order valence-corrected chi connectivity index (χ2v) is 10.0. The fraction of sp³-hybridized carbons (Fsp3) is 0.292. The number of sulfonamides is 1. The minimum atomic E-state index is -3.91. The molecule has 0 radical (unpaired) electrons. The number of aromatic nitrogens is 1. The molecule has 1 fully saturated rings. The van der Waals surface area contributed by atoms with Gasteiger partial charge in [0.15, 0.2) is 0 Å². The fourth-order valence-electron chi connectivity index (χ4n) is 4.01. The van der Waals surface area contributed by atoms with Gasteiger partial charge < -0.3 is 19.3 Å². The first kappa shape index (κ1) is 24.0. The molecule has 4 rings (SSSR count). The van der Waals surface area contributed by atoms with Crippen LogP contribution in [0.5, 0.6) is 11.5 Å². The SMILES string of the molecule is COc1ccc(OC)c(S(=O)(=O)Nc2cnc(N3CCN(c4cccc(Cl)c4)CC3)c(C)c2)c1. The number of anilines is 3. The highest BCUT2D eigenvalue weighted by Gasteiger charge is 2.23. The molecule has 1 saturated heterocycles. The number of aryl methyl sites for hydroxylation is 1. The second-order valence-electron chi connectivity index (χ2n) is 7.94. The van der Waals surface area contributed by atoms with E-state index >= 15 is 0 Å². The Kier molecular flexibility index (Phi) is 7.04. The minimum Gasteiger partial charge on any atom is -0.497 e. The van der Waals surface area contributed by atoms with E-state index in [1.54, 1.807) is 18.2 Å².